The molecule has 3 nitrogen and oxygen atoms in total. The first kappa shape index (κ1) is 23.5. The highest BCUT2D eigenvalue weighted by Gasteiger charge is 2.28. The summed E-state index contributed by atoms with van der Waals surface area (Å²) in [5.41, 5.74) is 2.19. The van der Waals surface area contributed by atoms with Crippen molar-refractivity contribution in [3.63, 3.8) is 0 Å². The maximum Gasteiger partial charge on any atom is 0.407 e. The number of amides is 1. The molecule has 154 valence electrons. The number of ether oxygens (including phenoxy) is 1. The van der Waals surface area contributed by atoms with Gasteiger partial charge in [-0.25, -0.2) is 4.79 Å². The minimum Gasteiger partial charge on any atom is -0.446 e. The summed E-state index contributed by atoms with van der Waals surface area (Å²) in [6.07, 6.45) is -3.47. The number of hydrogen-bond donors (Lipinski definition) is 1. The third-order valence-electron chi connectivity index (χ3n) is 3.90. The lowest BCUT2D eigenvalue weighted by Crippen LogP contribution is -2.36. The summed E-state index contributed by atoms with van der Waals surface area (Å²) in [7, 11) is 0. The Morgan fingerprint density at radius 2 is 1.32 bits per heavy atom. The Labute approximate surface area is 164 Å². The summed E-state index contributed by atoms with van der Waals surface area (Å²) in [5.74, 6) is 0. The molecule has 0 fully saturated rings. The second kappa shape index (κ2) is 12.8. The summed E-state index contributed by atoms with van der Waals surface area (Å²) in [5, 5.41) is 1.76. The van der Waals surface area contributed by atoms with Gasteiger partial charge in [-0.15, -0.1) is 0 Å². The monoisotopic (exact) mass is 395 g/mol. The lowest BCUT2D eigenvalue weighted by atomic mass is 10.0. The molecule has 1 amide bonds. The highest BCUT2D eigenvalue weighted by Crippen LogP contribution is 2.15. The second-order valence-corrected chi connectivity index (χ2v) is 6.04. The average molecular weight is 395 g/mol. The molecule has 0 aliphatic carbocycles. The molecule has 0 heterocycles. The fourth-order valence-electron chi connectivity index (χ4n) is 2.57. The fraction of sp³-hybridized carbons (Fsp3) is 0.409. The van der Waals surface area contributed by atoms with E-state index in [2.05, 4.69) is 0 Å². The number of nitrogens with one attached hydrogen (secondary N) is 1. The minimum absolute atomic E-state index is 0.455. The molecule has 28 heavy (non-hydrogen) atoms. The Balaban J connectivity index is 0.00000190. The third kappa shape index (κ3) is 10.6. The normalized spacial score (nSPS) is 10.8. The van der Waals surface area contributed by atoms with Crippen molar-refractivity contribution in [3.05, 3.63) is 71.8 Å². The summed E-state index contributed by atoms with van der Waals surface area (Å²) in [6, 6.07) is 19.4. The number of alkyl carbamates (subject to hydrolysis) is 1. The topological polar surface area (TPSA) is 38.3 Å². The maximum atomic E-state index is 12.2. The van der Waals surface area contributed by atoms with Crippen molar-refractivity contribution in [2.45, 2.75) is 51.8 Å². The van der Waals surface area contributed by atoms with Crippen LogP contribution in [0.5, 0.6) is 0 Å². The molecule has 2 rings (SSSR count). The Hall–Kier alpha value is -2.50. The standard InChI is InChI=1S/C20H22F3NO2.C2H6/c21-20(22,23)15-24-19(25)26-18(13-11-16-7-3-1-4-8-16)14-12-17-9-5-2-6-10-17;1-2/h1-10,18H,11-15H2,(H,24,25);1-2H3. The molecule has 0 unspecified atom stereocenters. The van der Waals surface area contributed by atoms with Crippen LogP contribution in [0.4, 0.5) is 18.0 Å². The fourth-order valence-corrected chi connectivity index (χ4v) is 2.57. The van der Waals surface area contributed by atoms with Gasteiger partial charge in [0.1, 0.15) is 12.6 Å². The van der Waals surface area contributed by atoms with Crippen molar-refractivity contribution in [1.82, 2.24) is 5.32 Å². The van der Waals surface area contributed by atoms with E-state index in [1.54, 1.807) is 5.32 Å². The molecule has 1 N–H and O–H groups in total. The maximum absolute atomic E-state index is 12.2. The van der Waals surface area contributed by atoms with E-state index in [9.17, 15) is 18.0 Å². The highest BCUT2D eigenvalue weighted by molar-refractivity contribution is 5.67. The Morgan fingerprint density at radius 3 is 1.71 bits per heavy atom. The van der Waals surface area contributed by atoms with Crippen LogP contribution in [0, 0.1) is 0 Å². The molecule has 2 aromatic carbocycles. The van der Waals surface area contributed by atoms with Crippen LogP contribution < -0.4 is 5.32 Å². The van der Waals surface area contributed by atoms with Crippen LogP contribution in [0.2, 0.25) is 0 Å². The zero-order chi connectivity index (χ0) is 20.8. The van der Waals surface area contributed by atoms with Crippen LogP contribution >= 0.6 is 0 Å². The first-order valence-electron chi connectivity index (χ1n) is 9.51. The number of hydrogen-bond acceptors (Lipinski definition) is 2. The predicted molar refractivity (Wildman–Crippen MR) is 105 cm³/mol. The molecule has 0 radical (unpaired) electrons. The summed E-state index contributed by atoms with van der Waals surface area (Å²) < 4.78 is 41.9. The number of benzene rings is 2. The summed E-state index contributed by atoms with van der Waals surface area (Å²) in [6.45, 7) is 2.61. The molecular formula is C22H28F3NO2. The van der Waals surface area contributed by atoms with Gasteiger partial charge in [0.2, 0.25) is 0 Å². The Morgan fingerprint density at radius 1 is 0.893 bits per heavy atom. The Kier molecular flexibility index (Phi) is 10.8. The predicted octanol–water partition coefficient (Wildman–Crippen LogP) is 5.94. The van der Waals surface area contributed by atoms with Gasteiger partial charge in [0.05, 0.1) is 0 Å². The van der Waals surface area contributed by atoms with E-state index in [0.29, 0.717) is 25.7 Å². The van der Waals surface area contributed by atoms with Crippen LogP contribution in [0.3, 0.4) is 0 Å². The first-order chi connectivity index (χ1) is 13.4. The molecule has 2 aromatic rings. The molecule has 0 aliphatic rings. The molecule has 0 saturated heterocycles. The smallest absolute Gasteiger partial charge is 0.407 e. The van der Waals surface area contributed by atoms with E-state index in [0.717, 1.165) is 11.1 Å². The zero-order valence-electron chi connectivity index (χ0n) is 16.3. The third-order valence-corrected chi connectivity index (χ3v) is 3.90. The van der Waals surface area contributed by atoms with Gasteiger partial charge >= 0.3 is 12.3 Å². The van der Waals surface area contributed by atoms with Gasteiger partial charge in [-0.05, 0) is 36.8 Å². The van der Waals surface area contributed by atoms with Crippen LogP contribution in [0.1, 0.15) is 37.8 Å². The van der Waals surface area contributed by atoms with Crippen LogP contribution in [-0.2, 0) is 17.6 Å². The van der Waals surface area contributed by atoms with Crippen molar-refractivity contribution in [1.29, 1.82) is 0 Å². The Bertz CT molecular complexity index is 617. The average Bonchev–Trinajstić information content (AvgIpc) is 2.71. The molecule has 0 saturated carbocycles. The number of halogens is 3. The van der Waals surface area contributed by atoms with Crippen molar-refractivity contribution < 1.29 is 22.7 Å². The van der Waals surface area contributed by atoms with Gasteiger partial charge in [0, 0.05) is 0 Å². The molecular weight excluding hydrogens is 367 g/mol. The minimum atomic E-state index is -4.46. The largest absolute Gasteiger partial charge is 0.446 e. The quantitative estimate of drug-likeness (QED) is 0.601. The van der Waals surface area contributed by atoms with Crippen molar-refractivity contribution >= 4 is 6.09 Å². The summed E-state index contributed by atoms with van der Waals surface area (Å²) >= 11 is 0. The highest BCUT2D eigenvalue weighted by atomic mass is 19.4. The number of carbonyl (C=O) groups excluding carboxylic acids is 1. The zero-order valence-corrected chi connectivity index (χ0v) is 16.3. The summed E-state index contributed by atoms with van der Waals surface area (Å²) in [4.78, 5) is 11.7. The van der Waals surface area contributed by atoms with Gasteiger partial charge in [-0.2, -0.15) is 13.2 Å². The molecule has 6 heteroatoms. The van der Waals surface area contributed by atoms with E-state index in [4.69, 9.17) is 4.74 Å². The van der Waals surface area contributed by atoms with Crippen LogP contribution in [0.15, 0.2) is 60.7 Å². The van der Waals surface area contributed by atoms with E-state index in [1.165, 1.54) is 0 Å². The molecule has 0 spiro atoms. The van der Waals surface area contributed by atoms with Gasteiger partial charge in [0.25, 0.3) is 0 Å². The van der Waals surface area contributed by atoms with Gasteiger partial charge < -0.3 is 10.1 Å². The SMILES string of the molecule is CC.O=C(NCC(F)(F)F)OC(CCc1ccccc1)CCc1ccccc1. The van der Waals surface area contributed by atoms with Crippen molar-refractivity contribution in [2.75, 3.05) is 6.54 Å². The van der Waals surface area contributed by atoms with Crippen molar-refractivity contribution in [2.24, 2.45) is 0 Å². The number of alkyl halides is 3. The van der Waals surface area contributed by atoms with Crippen LogP contribution in [0.25, 0.3) is 0 Å². The molecule has 0 bridgehead atoms. The first-order valence-corrected chi connectivity index (χ1v) is 9.51. The number of aryl methyl sites for hydroxylation is 2. The molecule has 0 aliphatic heterocycles. The van der Waals surface area contributed by atoms with Crippen molar-refractivity contribution in [3.8, 4) is 0 Å². The lowest BCUT2D eigenvalue weighted by molar-refractivity contribution is -0.124. The van der Waals surface area contributed by atoms with E-state index in [1.807, 2.05) is 74.5 Å². The number of carbonyl (C=O) groups is 1. The van der Waals surface area contributed by atoms with Gasteiger partial charge in [-0.3, -0.25) is 0 Å². The number of rotatable bonds is 8. The van der Waals surface area contributed by atoms with E-state index < -0.39 is 24.9 Å². The van der Waals surface area contributed by atoms with Gasteiger partial charge in [-0.1, -0.05) is 74.5 Å². The molecule has 0 atom stereocenters. The van der Waals surface area contributed by atoms with Gasteiger partial charge in [0.15, 0.2) is 0 Å². The second-order valence-electron chi connectivity index (χ2n) is 6.04. The lowest BCUT2D eigenvalue weighted by Gasteiger charge is -2.19. The van der Waals surface area contributed by atoms with E-state index >= 15 is 0 Å². The van der Waals surface area contributed by atoms with Crippen LogP contribution in [-0.4, -0.2) is 24.9 Å². The van der Waals surface area contributed by atoms with E-state index in [-0.39, 0.29) is 0 Å². The molecule has 0 aromatic heterocycles.